The highest BCUT2D eigenvalue weighted by Crippen LogP contribution is 2.65. The molecular formula is C26H35N3O2. The second-order valence-corrected chi connectivity index (χ2v) is 11.0. The van der Waals surface area contributed by atoms with Crippen LogP contribution in [0.25, 0.3) is 0 Å². The second kappa shape index (κ2) is 7.83. The molecule has 166 valence electrons. The van der Waals surface area contributed by atoms with Gasteiger partial charge in [0.05, 0.1) is 11.1 Å². The van der Waals surface area contributed by atoms with Gasteiger partial charge >= 0.3 is 0 Å². The Bertz CT molecular complexity index is 908. The maximum atomic E-state index is 10.8. The molecule has 0 radical (unpaired) electrons. The standard InChI is InChI=1S/C26H35N3O2/c1-25-15-4-3-5-19(25)8-11-21-22-12-13-24(26(22,2)16-14-23(21)25)28-27-17-18-6-9-20(10-7-18)29(30)31/h6-7,9-10,17,19,21-23H,3-5,8,11-16H2,1-2H3/b27-17+,28-24+/t19?,21?,22?,23?,25-,26-/m0/s1. The summed E-state index contributed by atoms with van der Waals surface area (Å²) in [5.74, 6) is 3.50. The summed E-state index contributed by atoms with van der Waals surface area (Å²) in [6.45, 7) is 5.09. The van der Waals surface area contributed by atoms with E-state index < -0.39 is 0 Å². The first-order valence-corrected chi connectivity index (χ1v) is 12.3. The van der Waals surface area contributed by atoms with Crippen LogP contribution in [0.4, 0.5) is 5.69 Å². The van der Waals surface area contributed by atoms with Crippen molar-refractivity contribution in [2.75, 3.05) is 0 Å². The summed E-state index contributed by atoms with van der Waals surface area (Å²) in [6.07, 6.45) is 15.3. The Hall–Kier alpha value is -2.04. The highest BCUT2D eigenvalue weighted by molar-refractivity contribution is 5.93. The number of hydrogen-bond donors (Lipinski definition) is 0. The highest BCUT2D eigenvalue weighted by atomic mass is 16.6. The fraction of sp³-hybridized carbons (Fsp3) is 0.692. The van der Waals surface area contributed by atoms with E-state index in [-0.39, 0.29) is 16.0 Å². The van der Waals surface area contributed by atoms with Crippen LogP contribution in [0.5, 0.6) is 0 Å². The van der Waals surface area contributed by atoms with Crippen molar-refractivity contribution in [1.82, 2.24) is 0 Å². The quantitative estimate of drug-likeness (QED) is 0.306. The van der Waals surface area contributed by atoms with Crippen molar-refractivity contribution in [3.05, 3.63) is 39.9 Å². The van der Waals surface area contributed by atoms with Crippen LogP contribution in [0.2, 0.25) is 0 Å². The normalized spacial score (nSPS) is 41.0. The van der Waals surface area contributed by atoms with Crippen molar-refractivity contribution < 1.29 is 4.92 Å². The van der Waals surface area contributed by atoms with Gasteiger partial charge in [-0.25, -0.2) is 0 Å². The van der Waals surface area contributed by atoms with Gasteiger partial charge in [-0.2, -0.15) is 10.2 Å². The Morgan fingerprint density at radius 3 is 2.58 bits per heavy atom. The molecule has 0 N–H and O–H groups in total. The summed E-state index contributed by atoms with van der Waals surface area (Å²) in [5.41, 5.74) is 3.02. The van der Waals surface area contributed by atoms with E-state index in [1.54, 1.807) is 18.3 Å². The van der Waals surface area contributed by atoms with Crippen LogP contribution in [-0.2, 0) is 0 Å². The molecule has 5 nitrogen and oxygen atoms in total. The molecule has 0 amide bonds. The zero-order chi connectivity index (χ0) is 21.6. The first-order chi connectivity index (χ1) is 14.9. The summed E-state index contributed by atoms with van der Waals surface area (Å²) in [6, 6.07) is 6.50. The molecule has 4 fully saturated rings. The van der Waals surface area contributed by atoms with Gasteiger partial charge in [-0.1, -0.05) is 26.7 Å². The van der Waals surface area contributed by atoms with Crippen molar-refractivity contribution >= 4 is 17.6 Å². The third kappa shape index (κ3) is 3.44. The van der Waals surface area contributed by atoms with Gasteiger partial charge < -0.3 is 0 Å². The maximum Gasteiger partial charge on any atom is 0.269 e. The van der Waals surface area contributed by atoms with Crippen LogP contribution in [-0.4, -0.2) is 16.8 Å². The zero-order valence-corrected chi connectivity index (χ0v) is 18.9. The molecule has 4 saturated carbocycles. The van der Waals surface area contributed by atoms with Gasteiger partial charge in [0.2, 0.25) is 0 Å². The summed E-state index contributed by atoms with van der Waals surface area (Å²) < 4.78 is 0. The van der Waals surface area contributed by atoms with E-state index in [9.17, 15) is 10.1 Å². The summed E-state index contributed by atoms with van der Waals surface area (Å²) >= 11 is 0. The van der Waals surface area contributed by atoms with Crippen molar-refractivity contribution in [3.8, 4) is 0 Å². The van der Waals surface area contributed by atoms with E-state index in [4.69, 9.17) is 5.10 Å². The Balaban J connectivity index is 1.32. The minimum atomic E-state index is -0.377. The van der Waals surface area contributed by atoms with Gasteiger partial charge in [-0.05, 0) is 98.1 Å². The first kappa shape index (κ1) is 20.8. The fourth-order valence-corrected chi connectivity index (χ4v) is 8.10. The lowest BCUT2D eigenvalue weighted by molar-refractivity contribution is -0.384. The molecule has 1 aromatic rings. The van der Waals surface area contributed by atoms with Gasteiger partial charge in [-0.15, -0.1) is 0 Å². The number of benzene rings is 1. The van der Waals surface area contributed by atoms with E-state index >= 15 is 0 Å². The molecule has 4 aliphatic rings. The molecule has 5 heteroatoms. The van der Waals surface area contributed by atoms with E-state index in [1.807, 2.05) is 0 Å². The average Bonchev–Trinajstić information content (AvgIpc) is 3.10. The van der Waals surface area contributed by atoms with Gasteiger partial charge in [0, 0.05) is 23.3 Å². The Morgan fingerprint density at radius 1 is 1.00 bits per heavy atom. The van der Waals surface area contributed by atoms with E-state index in [0.717, 1.165) is 35.7 Å². The van der Waals surface area contributed by atoms with Crippen LogP contribution in [0, 0.1) is 44.6 Å². The summed E-state index contributed by atoms with van der Waals surface area (Å²) in [4.78, 5) is 10.4. The van der Waals surface area contributed by atoms with E-state index in [0.29, 0.717) is 5.41 Å². The number of rotatable bonds is 3. The summed E-state index contributed by atoms with van der Waals surface area (Å²) in [7, 11) is 0. The van der Waals surface area contributed by atoms with Gasteiger partial charge in [-0.3, -0.25) is 10.1 Å². The number of nitro groups is 1. The molecule has 0 heterocycles. The lowest BCUT2D eigenvalue weighted by Crippen LogP contribution is -2.52. The number of non-ortho nitro benzene ring substituents is 1. The molecule has 0 saturated heterocycles. The Kier molecular flexibility index (Phi) is 5.26. The zero-order valence-electron chi connectivity index (χ0n) is 18.9. The number of fused-ring (bicyclic) bond motifs is 5. The molecule has 0 spiro atoms. The lowest BCUT2D eigenvalue weighted by atomic mass is 9.45. The minimum absolute atomic E-state index is 0.104. The number of nitro benzene ring substituents is 1. The predicted molar refractivity (Wildman–Crippen MR) is 124 cm³/mol. The minimum Gasteiger partial charge on any atom is -0.258 e. The number of nitrogens with zero attached hydrogens (tertiary/aromatic N) is 3. The van der Waals surface area contributed by atoms with Gasteiger partial charge in [0.15, 0.2) is 0 Å². The molecule has 6 atom stereocenters. The summed E-state index contributed by atoms with van der Waals surface area (Å²) in [5, 5.41) is 19.9. The molecule has 31 heavy (non-hydrogen) atoms. The van der Waals surface area contributed by atoms with Gasteiger partial charge in [0.25, 0.3) is 5.69 Å². The monoisotopic (exact) mass is 421 g/mol. The van der Waals surface area contributed by atoms with Crippen LogP contribution < -0.4 is 0 Å². The largest absolute Gasteiger partial charge is 0.269 e. The molecule has 5 rings (SSSR count). The molecule has 0 bridgehead atoms. The smallest absolute Gasteiger partial charge is 0.258 e. The van der Waals surface area contributed by atoms with Crippen LogP contribution in [0.3, 0.4) is 0 Å². The second-order valence-electron chi connectivity index (χ2n) is 11.0. The Morgan fingerprint density at radius 2 is 1.81 bits per heavy atom. The molecule has 4 aliphatic carbocycles. The number of hydrogen-bond acceptors (Lipinski definition) is 4. The predicted octanol–water partition coefficient (Wildman–Crippen LogP) is 6.80. The average molecular weight is 422 g/mol. The molecular weight excluding hydrogens is 386 g/mol. The maximum absolute atomic E-state index is 10.8. The molecule has 0 aromatic heterocycles. The molecule has 1 aromatic carbocycles. The van der Waals surface area contributed by atoms with Crippen molar-refractivity contribution in [2.24, 2.45) is 44.7 Å². The van der Waals surface area contributed by atoms with Crippen LogP contribution >= 0.6 is 0 Å². The highest BCUT2D eigenvalue weighted by Gasteiger charge is 2.58. The van der Waals surface area contributed by atoms with Gasteiger partial charge in [0.1, 0.15) is 0 Å². The van der Waals surface area contributed by atoms with Crippen molar-refractivity contribution in [3.63, 3.8) is 0 Å². The van der Waals surface area contributed by atoms with Crippen molar-refractivity contribution in [1.29, 1.82) is 0 Å². The van der Waals surface area contributed by atoms with E-state index in [2.05, 4.69) is 18.9 Å². The Labute approximate surface area is 185 Å². The first-order valence-electron chi connectivity index (χ1n) is 12.3. The lowest BCUT2D eigenvalue weighted by Gasteiger charge is -2.59. The van der Waals surface area contributed by atoms with Crippen LogP contribution in [0.1, 0.15) is 83.6 Å². The van der Waals surface area contributed by atoms with Crippen LogP contribution in [0.15, 0.2) is 34.5 Å². The van der Waals surface area contributed by atoms with Crippen molar-refractivity contribution in [2.45, 2.75) is 78.1 Å². The molecule has 0 aliphatic heterocycles. The third-order valence-corrected chi connectivity index (χ3v) is 9.81. The SMILES string of the molecule is C[C@]12CCCCC1CCC1C2CC[C@]2(C)/C(=N/N=C/c3ccc([N+](=O)[O-])cc3)CCC12. The fourth-order valence-electron chi connectivity index (χ4n) is 8.10. The topological polar surface area (TPSA) is 67.9 Å². The molecule has 4 unspecified atom stereocenters. The third-order valence-electron chi connectivity index (χ3n) is 9.81. The van der Waals surface area contributed by atoms with E-state index in [1.165, 1.54) is 75.6 Å².